The third kappa shape index (κ3) is 6.32. The Morgan fingerprint density at radius 3 is 1.12 bits per heavy atom. The van der Waals surface area contributed by atoms with Crippen LogP contribution in [-0.2, 0) is 48.4 Å². The summed E-state index contributed by atoms with van der Waals surface area (Å²) in [4.78, 5) is 39.9. The number of hydrogen-bond donors (Lipinski definition) is 0. The van der Waals surface area contributed by atoms with Gasteiger partial charge in [-0.25, -0.2) is 0 Å². The van der Waals surface area contributed by atoms with E-state index in [-0.39, 0.29) is 26.2 Å². The maximum atomic E-state index is 13.3. The van der Waals surface area contributed by atoms with Crippen LogP contribution in [0, 0.1) is 5.41 Å². The number of ether oxygens (including phenoxy) is 3. The van der Waals surface area contributed by atoms with Gasteiger partial charge in [0.25, 0.3) is 5.41 Å². The van der Waals surface area contributed by atoms with Crippen molar-refractivity contribution < 1.29 is 28.6 Å². The lowest BCUT2D eigenvalue weighted by atomic mass is 9.83. The van der Waals surface area contributed by atoms with E-state index in [1.807, 2.05) is 54.6 Å². The first kappa shape index (κ1) is 24.7. The van der Waals surface area contributed by atoms with Gasteiger partial charge in [-0.3, -0.25) is 14.4 Å². The zero-order valence-corrected chi connectivity index (χ0v) is 19.1. The molecule has 0 aromatic heterocycles. The van der Waals surface area contributed by atoms with E-state index in [1.165, 1.54) is 0 Å². The van der Waals surface area contributed by atoms with Crippen LogP contribution in [0.5, 0.6) is 0 Å². The Morgan fingerprint density at radius 2 is 0.853 bits per heavy atom. The maximum Gasteiger partial charge on any atom is 0.335 e. The first-order valence-corrected chi connectivity index (χ1v) is 11.2. The number of benzene rings is 3. The quantitative estimate of drug-likeness (QED) is 0.228. The van der Waals surface area contributed by atoms with E-state index < -0.39 is 23.3 Å². The van der Waals surface area contributed by atoms with E-state index in [0.29, 0.717) is 6.42 Å². The summed E-state index contributed by atoms with van der Waals surface area (Å²) in [5.74, 6) is -2.93. The van der Waals surface area contributed by atoms with Crippen molar-refractivity contribution in [2.75, 3.05) is 0 Å². The second kappa shape index (κ2) is 12.3. The molecule has 0 saturated carbocycles. The average molecular weight is 461 g/mol. The van der Waals surface area contributed by atoms with Gasteiger partial charge >= 0.3 is 17.9 Å². The molecule has 6 heteroatoms. The van der Waals surface area contributed by atoms with Gasteiger partial charge in [-0.2, -0.15) is 0 Å². The molecule has 0 heterocycles. The fourth-order valence-electron chi connectivity index (χ4n) is 3.47. The van der Waals surface area contributed by atoms with E-state index in [4.69, 9.17) is 14.2 Å². The van der Waals surface area contributed by atoms with Crippen LogP contribution in [0.2, 0.25) is 0 Å². The van der Waals surface area contributed by atoms with Crippen molar-refractivity contribution >= 4 is 17.9 Å². The van der Waals surface area contributed by atoms with Crippen molar-refractivity contribution in [3.05, 3.63) is 108 Å². The predicted molar refractivity (Wildman–Crippen MR) is 126 cm³/mol. The van der Waals surface area contributed by atoms with Crippen LogP contribution in [0.25, 0.3) is 0 Å². The Morgan fingerprint density at radius 1 is 0.559 bits per heavy atom. The van der Waals surface area contributed by atoms with Crippen LogP contribution in [0.1, 0.15) is 36.5 Å². The molecule has 3 rings (SSSR count). The third-order valence-corrected chi connectivity index (χ3v) is 5.31. The number of rotatable bonds is 11. The number of carbonyl (C=O) groups excluding carboxylic acids is 3. The van der Waals surface area contributed by atoms with Crippen molar-refractivity contribution in [2.45, 2.75) is 39.6 Å². The molecule has 0 radical (unpaired) electrons. The maximum absolute atomic E-state index is 13.3. The Balaban J connectivity index is 1.83. The SMILES string of the molecule is CCCC(C(=O)OCc1ccccc1)(C(=O)OCc1ccccc1)C(=O)OCc1ccccc1. The van der Waals surface area contributed by atoms with Crippen molar-refractivity contribution in [3.63, 3.8) is 0 Å². The molecule has 0 amide bonds. The predicted octanol–water partition coefficient (Wildman–Crippen LogP) is 5.00. The summed E-state index contributed by atoms with van der Waals surface area (Å²) in [5, 5.41) is 0. The van der Waals surface area contributed by atoms with Crippen molar-refractivity contribution in [1.82, 2.24) is 0 Å². The van der Waals surface area contributed by atoms with E-state index >= 15 is 0 Å². The van der Waals surface area contributed by atoms with Gasteiger partial charge < -0.3 is 14.2 Å². The summed E-state index contributed by atoms with van der Waals surface area (Å²) >= 11 is 0. The molecular weight excluding hydrogens is 432 g/mol. The number of esters is 3. The van der Waals surface area contributed by atoms with Gasteiger partial charge in [-0.05, 0) is 23.1 Å². The first-order chi connectivity index (χ1) is 16.6. The molecule has 0 aliphatic carbocycles. The highest BCUT2D eigenvalue weighted by Gasteiger charge is 2.57. The second-order valence-electron chi connectivity index (χ2n) is 7.84. The van der Waals surface area contributed by atoms with Crippen molar-refractivity contribution in [2.24, 2.45) is 5.41 Å². The van der Waals surface area contributed by atoms with Gasteiger partial charge in [0.2, 0.25) is 0 Å². The van der Waals surface area contributed by atoms with Gasteiger partial charge in [0.1, 0.15) is 19.8 Å². The Labute approximate surface area is 199 Å². The molecule has 176 valence electrons. The Hall–Kier alpha value is -3.93. The molecule has 34 heavy (non-hydrogen) atoms. The van der Waals surface area contributed by atoms with Crippen LogP contribution in [-0.4, -0.2) is 17.9 Å². The topological polar surface area (TPSA) is 78.9 Å². The fourth-order valence-corrected chi connectivity index (χ4v) is 3.47. The summed E-state index contributed by atoms with van der Waals surface area (Å²) in [6.45, 7) is 1.53. The minimum atomic E-state index is -2.22. The fraction of sp³-hybridized carbons (Fsp3) is 0.250. The van der Waals surface area contributed by atoms with Crippen LogP contribution in [0.15, 0.2) is 91.0 Å². The molecule has 6 nitrogen and oxygen atoms in total. The molecule has 0 spiro atoms. The van der Waals surface area contributed by atoms with Crippen molar-refractivity contribution in [1.29, 1.82) is 0 Å². The number of carbonyl (C=O) groups is 3. The lowest BCUT2D eigenvalue weighted by molar-refractivity contribution is -0.187. The van der Waals surface area contributed by atoms with Crippen LogP contribution >= 0.6 is 0 Å². The Kier molecular flexibility index (Phi) is 8.97. The lowest BCUT2D eigenvalue weighted by Crippen LogP contribution is -2.49. The van der Waals surface area contributed by atoms with Gasteiger partial charge in [0.15, 0.2) is 0 Å². The van der Waals surface area contributed by atoms with Gasteiger partial charge in [0, 0.05) is 0 Å². The van der Waals surface area contributed by atoms with Crippen LogP contribution in [0.3, 0.4) is 0 Å². The third-order valence-electron chi connectivity index (χ3n) is 5.31. The molecule has 3 aromatic rings. The highest BCUT2D eigenvalue weighted by Crippen LogP contribution is 2.31. The van der Waals surface area contributed by atoms with Crippen LogP contribution in [0.4, 0.5) is 0 Å². The van der Waals surface area contributed by atoms with Crippen LogP contribution < -0.4 is 0 Å². The molecule has 0 aliphatic rings. The molecule has 0 saturated heterocycles. The second-order valence-corrected chi connectivity index (χ2v) is 7.84. The number of hydrogen-bond acceptors (Lipinski definition) is 6. The minimum absolute atomic E-state index is 0.0803. The molecule has 0 unspecified atom stereocenters. The van der Waals surface area contributed by atoms with Gasteiger partial charge in [-0.1, -0.05) is 104 Å². The van der Waals surface area contributed by atoms with Crippen molar-refractivity contribution in [3.8, 4) is 0 Å². The molecule has 0 N–H and O–H groups in total. The summed E-state index contributed by atoms with van der Waals surface area (Å²) in [5.41, 5.74) is -0.0164. The normalized spacial score (nSPS) is 10.9. The molecule has 0 fully saturated rings. The zero-order chi connectivity index (χ0) is 24.2. The Bertz CT molecular complexity index is 929. The molecule has 0 bridgehead atoms. The van der Waals surface area contributed by atoms with E-state index in [9.17, 15) is 14.4 Å². The summed E-state index contributed by atoms with van der Waals surface area (Å²) in [7, 11) is 0. The highest BCUT2D eigenvalue weighted by molar-refractivity contribution is 6.17. The summed E-state index contributed by atoms with van der Waals surface area (Å²) in [6, 6.07) is 27.1. The standard InChI is InChI=1S/C28H28O6/c1-2-18-28(25(29)32-19-22-12-6-3-7-13-22,26(30)33-20-23-14-8-4-9-15-23)27(31)34-21-24-16-10-5-11-17-24/h3-17H,2,18-21H2,1H3. The van der Waals surface area contributed by atoms with Gasteiger partial charge in [-0.15, -0.1) is 0 Å². The molecule has 0 atom stereocenters. The molecular formula is C28H28O6. The first-order valence-electron chi connectivity index (χ1n) is 11.2. The minimum Gasteiger partial charge on any atom is -0.460 e. The smallest absolute Gasteiger partial charge is 0.335 e. The zero-order valence-electron chi connectivity index (χ0n) is 19.1. The van der Waals surface area contributed by atoms with Gasteiger partial charge in [0.05, 0.1) is 0 Å². The largest absolute Gasteiger partial charge is 0.460 e. The summed E-state index contributed by atoms with van der Waals surface area (Å²) in [6.07, 6.45) is 0.267. The highest BCUT2D eigenvalue weighted by atomic mass is 16.6. The molecule has 3 aromatic carbocycles. The average Bonchev–Trinajstić information content (AvgIpc) is 2.89. The van der Waals surface area contributed by atoms with E-state index in [0.717, 1.165) is 16.7 Å². The van der Waals surface area contributed by atoms with E-state index in [1.54, 1.807) is 43.3 Å². The monoisotopic (exact) mass is 460 g/mol. The van der Waals surface area contributed by atoms with E-state index in [2.05, 4.69) is 0 Å². The molecule has 0 aliphatic heterocycles. The summed E-state index contributed by atoms with van der Waals surface area (Å²) < 4.78 is 16.4. The lowest BCUT2D eigenvalue weighted by Gasteiger charge is -2.27.